The maximum atomic E-state index is 12.8. The Kier molecular flexibility index (Phi) is 6.19. The number of nitrogens with one attached hydrogen (secondary N) is 1. The third-order valence-electron chi connectivity index (χ3n) is 4.40. The molecule has 1 unspecified atom stereocenters. The molecule has 0 aliphatic heterocycles. The van der Waals surface area contributed by atoms with E-state index in [0.717, 1.165) is 5.56 Å². The fraction of sp³-hybridized carbons (Fsp3) is 0.125. The van der Waals surface area contributed by atoms with E-state index in [2.05, 4.69) is 5.32 Å². The minimum Gasteiger partial charge on any atom is -0.449 e. The van der Waals surface area contributed by atoms with E-state index in [1.165, 1.54) is 13.0 Å². The second kappa shape index (κ2) is 8.97. The maximum absolute atomic E-state index is 12.8. The van der Waals surface area contributed by atoms with Crippen molar-refractivity contribution in [2.45, 2.75) is 20.0 Å². The molecule has 0 bridgehead atoms. The predicted octanol–water partition coefficient (Wildman–Crippen LogP) is 4.41. The quantitative estimate of drug-likeness (QED) is 0.502. The van der Waals surface area contributed by atoms with Gasteiger partial charge in [0.1, 0.15) is 0 Å². The van der Waals surface area contributed by atoms with E-state index in [1.54, 1.807) is 54.6 Å². The fourth-order valence-electron chi connectivity index (χ4n) is 2.76. The average Bonchev–Trinajstić information content (AvgIpc) is 2.75. The van der Waals surface area contributed by atoms with Crippen molar-refractivity contribution < 1.29 is 19.1 Å². The molecule has 0 fully saturated rings. The van der Waals surface area contributed by atoms with Gasteiger partial charge in [-0.05, 0) is 32.0 Å². The third kappa shape index (κ3) is 4.96. The van der Waals surface area contributed by atoms with Crippen LogP contribution in [0.1, 0.15) is 38.8 Å². The van der Waals surface area contributed by atoms with Gasteiger partial charge in [0, 0.05) is 16.8 Å². The Labute approximate surface area is 169 Å². The highest BCUT2D eigenvalue weighted by Crippen LogP contribution is 2.17. The number of carbonyl (C=O) groups is 3. The number of ether oxygens (including phenoxy) is 1. The van der Waals surface area contributed by atoms with E-state index >= 15 is 0 Å². The summed E-state index contributed by atoms with van der Waals surface area (Å²) in [4.78, 5) is 37.8. The van der Waals surface area contributed by atoms with E-state index in [0.29, 0.717) is 11.3 Å². The lowest BCUT2D eigenvalue weighted by Gasteiger charge is -2.15. The topological polar surface area (TPSA) is 72.5 Å². The van der Waals surface area contributed by atoms with Crippen molar-refractivity contribution in [3.8, 4) is 0 Å². The SMILES string of the molecule is Cc1ccc(NC(=O)C(C)OC(=O)c2ccccc2C(=O)c2ccccc2)cc1. The zero-order valence-corrected chi connectivity index (χ0v) is 16.2. The van der Waals surface area contributed by atoms with Gasteiger partial charge in [-0.15, -0.1) is 0 Å². The van der Waals surface area contributed by atoms with E-state index < -0.39 is 18.0 Å². The van der Waals surface area contributed by atoms with Crippen LogP contribution in [-0.2, 0) is 9.53 Å². The average molecular weight is 387 g/mol. The van der Waals surface area contributed by atoms with Gasteiger partial charge in [0.2, 0.25) is 0 Å². The summed E-state index contributed by atoms with van der Waals surface area (Å²) in [5.41, 5.74) is 2.51. The molecular weight excluding hydrogens is 366 g/mol. The second-order valence-corrected chi connectivity index (χ2v) is 6.64. The summed E-state index contributed by atoms with van der Waals surface area (Å²) >= 11 is 0. The van der Waals surface area contributed by atoms with Crippen LogP contribution in [0.5, 0.6) is 0 Å². The lowest BCUT2D eigenvalue weighted by Crippen LogP contribution is -2.30. The summed E-state index contributed by atoms with van der Waals surface area (Å²) < 4.78 is 5.32. The standard InChI is InChI=1S/C24H21NO4/c1-16-12-14-19(15-13-16)25-23(27)17(2)29-24(28)21-11-7-6-10-20(21)22(26)18-8-4-3-5-9-18/h3-15,17H,1-2H3,(H,25,27). The number of hydrogen-bond donors (Lipinski definition) is 1. The number of carbonyl (C=O) groups excluding carboxylic acids is 3. The van der Waals surface area contributed by atoms with Crippen LogP contribution >= 0.6 is 0 Å². The lowest BCUT2D eigenvalue weighted by molar-refractivity contribution is -0.123. The van der Waals surface area contributed by atoms with Crippen molar-refractivity contribution in [2.75, 3.05) is 5.32 Å². The first kappa shape index (κ1) is 20.0. The van der Waals surface area contributed by atoms with Gasteiger partial charge in [0.05, 0.1) is 5.56 Å². The van der Waals surface area contributed by atoms with Gasteiger partial charge in [-0.25, -0.2) is 4.79 Å². The molecular formula is C24H21NO4. The van der Waals surface area contributed by atoms with Gasteiger partial charge in [-0.1, -0.05) is 66.2 Å². The molecule has 3 rings (SSSR count). The van der Waals surface area contributed by atoms with E-state index in [1.807, 2.05) is 25.1 Å². The number of aryl methyl sites for hydroxylation is 1. The summed E-state index contributed by atoms with van der Waals surface area (Å²) in [6.07, 6.45) is -1.02. The maximum Gasteiger partial charge on any atom is 0.339 e. The molecule has 5 heteroatoms. The van der Waals surface area contributed by atoms with E-state index in [4.69, 9.17) is 4.74 Å². The van der Waals surface area contributed by atoms with Crippen molar-refractivity contribution in [2.24, 2.45) is 0 Å². The Morgan fingerprint density at radius 2 is 1.38 bits per heavy atom. The molecule has 1 atom stereocenters. The summed E-state index contributed by atoms with van der Waals surface area (Å²) in [6, 6.07) is 22.4. The molecule has 29 heavy (non-hydrogen) atoms. The van der Waals surface area contributed by atoms with Crippen LogP contribution in [0.15, 0.2) is 78.9 Å². The molecule has 3 aromatic rings. The molecule has 0 saturated carbocycles. The van der Waals surface area contributed by atoms with E-state index in [-0.39, 0.29) is 16.9 Å². The molecule has 0 radical (unpaired) electrons. The van der Waals surface area contributed by atoms with Crippen molar-refractivity contribution >= 4 is 23.3 Å². The highest BCUT2D eigenvalue weighted by Gasteiger charge is 2.23. The second-order valence-electron chi connectivity index (χ2n) is 6.64. The zero-order chi connectivity index (χ0) is 20.8. The molecule has 5 nitrogen and oxygen atoms in total. The molecule has 0 aliphatic carbocycles. The first-order chi connectivity index (χ1) is 14.0. The third-order valence-corrected chi connectivity index (χ3v) is 4.40. The molecule has 0 aliphatic rings. The number of rotatable bonds is 6. The molecule has 0 aromatic heterocycles. The fourth-order valence-corrected chi connectivity index (χ4v) is 2.76. The Hall–Kier alpha value is -3.73. The van der Waals surface area contributed by atoms with Gasteiger partial charge >= 0.3 is 5.97 Å². The Bertz CT molecular complexity index is 1030. The highest BCUT2D eigenvalue weighted by molar-refractivity contribution is 6.14. The number of anilines is 1. The number of benzene rings is 3. The minimum absolute atomic E-state index is 0.122. The molecule has 0 spiro atoms. The largest absolute Gasteiger partial charge is 0.449 e. The van der Waals surface area contributed by atoms with Crippen molar-refractivity contribution in [3.05, 3.63) is 101 Å². The molecule has 1 N–H and O–H groups in total. The first-order valence-electron chi connectivity index (χ1n) is 9.23. The van der Waals surface area contributed by atoms with Crippen LogP contribution in [0.2, 0.25) is 0 Å². The monoisotopic (exact) mass is 387 g/mol. The normalized spacial score (nSPS) is 11.4. The van der Waals surface area contributed by atoms with Crippen molar-refractivity contribution in [1.29, 1.82) is 0 Å². The number of esters is 1. The molecule has 0 heterocycles. The van der Waals surface area contributed by atoms with Gasteiger partial charge in [0.25, 0.3) is 5.91 Å². The van der Waals surface area contributed by atoms with E-state index in [9.17, 15) is 14.4 Å². The minimum atomic E-state index is -1.02. The van der Waals surface area contributed by atoms with Crippen LogP contribution in [0, 0.1) is 6.92 Å². The number of ketones is 1. The van der Waals surface area contributed by atoms with Crippen LogP contribution in [0.25, 0.3) is 0 Å². The Morgan fingerprint density at radius 1 is 0.793 bits per heavy atom. The van der Waals surface area contributed by atoms with Crippen LogP contribution in [-0.4, -0.2) is 23.8 Å². The number of amides is 1. The van der Waals surface area contributed by atoms with Gasteiger partial charge in [-0.2, -0.15) is 0 Å². The molecule has 0 saturated heterocycles. The predicted molar refractivity (Wildman–Crippen MR) is 111 cm³/mol. The van der Waals surface area contributed by atoms with Gasteiger partial charge in [-0.3, -0.25) is 9.59 Å². The molecule has 146 valence electrons. The lowest BCUT2D eigenvalue weighted by atomic mass is 9.98. The Balaban J connectivity index is 1.73. The van der Waals surface area contributed by atoms with Crippen LogP contribution in [0.3, 0.4) is 0 Å². The van der Waals surface area contributed by atoms with Gasteiger partial charge < -0.3 is 10.1 Å². The van der Waals surface area contributed by atoms with Crippen molar-refractivity contribution in [1.82, 2.24) is 0 Å². The van der Waals surface area contributed by atoms with Crippen molar-refractivity contribution in [3.63, 3.8) is 0 Å². The summed E-state index contributed by atoms with van der Waals surface area (Å²) in [7, 11) is 0. The number of hydrogen-bond acceptors (Lipinski definition) is 4. The summed E-state index contributed by atoms with van der Waals surface area (Å²) in [5.74, 6) is -1.46. The van der Waals surface area contributed by atoms with Crippen LogP contribution < -0.4 is 5.32 Å². The first-order valence-corrected chi connectivity index (χ1v) is 9.23. The smallest absolute Gasteiger partial charge is 0.339 e. The van der Waals surface area contributed by atoms with Gasteiger partial charge in [0.15, 0.2) is 11.9 Å². The zero-order valence-electron chi connectivity index (χ0n) is 16.2. The molecule has 1 amide bonds. The highest BCUT2D eigenvalue weighted by atomic mass is 16.5. The summed E-state index contributed by atoms with van der Waals surface area (Å²) in [5, 5.41) is 2.71. The molecule has 3 aromatic carbocycles. The Morgan fingerprint density at radius 3 is 2.03 bits per heavy atom. The van der Waals surface area contributed by atoms with Crippen LogP contribution in [0.4, 0.5) is 5.69 Å². The summed E-state index contributed by atoms with van der Waals surface area (Å²) in [6.45, 7) is 3.44.